The van der Waals surface area contributed by atoms with E-state index in [0.29, 0.717) is 26.4 Å². The number of ether oxygens (including phenoxy) is 5. The Labute approximate surface area is 198 Å². The van der Waals surface area contributed by atoms with Gasteiger partial charge >= 0.3 is 0 Å². The lowest BCUT2D eigenvalue weighted by Gasteiger charge is -2.25. The van der Waals surface area contributed by atoms with Gasteiger partial charge in [-0.05, 0) is 30.4 Å². The van der Waals surface area contributed by atoms with E-state index in [1.807, 2.05) is 36.4 Å². The number of methoxy groups -OCH3 is 1. The molecule has 1 saturated heterocycles. The highest BCUT2D eigenvalue weighted by Gasteiger charge is 2.47. The number of benzene rings is 2. The molecule has 0 aromatic heterocycles. The molecule has 0 bridgehead atoms. The van der Waals surface area contributed by atoms with Gasteiger partial charge < -0.3 is 23.7 Å². The average molecular weight is 455 g/mol. The normalized spacial score (nSPS) is 22.8. The summed E-state index contributed by atoms with van der Waals surface area (Å²) in [5.74, 6) is 0. The molecule has 2 aromatic carbocycles. The fourth-order valence-electron chi connectivity index (χ4n) is 3.84. The van der Waals surface area contributed by atoms with Gasteiger partial charge in [-0.2, -0.15) is 0 Å². The summed E-state index contributed by atoms with van der Waals surface area (Å²) in [5.41, 5.74) is 2.22. The predicted octanol–water partition coefficient (Wildman–Crippen LogP) is 5.68. The SMILES string of the molecule is CCC/C=C\CCCOC1OC(COC)C(OCc2ccccc2)C1OCc1ccccc1. The van der Waals surface area contributed by atoms with E-state index in [2.05, 4.69) is 43.3 Å². The van der Waals surface area contributed by atoms with Crippen molar-refractivity contribution in [2.24, 2.45) is 0 Å². The van der Waals surface area contributed by atoms with E-state index in [1.165, 1.54) is 6.42 Å². The zero-order chi connectivity index (χ0) is 23.1. The van der Waals surface area contributed by atoms with E-state index in [1.54, 1.807) is 7.11 Å². The van der Waals surface area contributed by atoms with Crippen molar-refractivity contribution in [3.05, 3.63) is 83.9 Å². The summed E-state index contributed by atoms with van der Waals surface area (Å²) in [6.45, 7) is 4.17. The van der Waals surface area contributed by atoms with Crippen LogP contribution < -0.4 is 0 Å². The summed E-state index contributed by atoms with van der Waals surface area (Å²) in [6.07, 6.45) is 7.32. The third-order valence-corrected chi connectivity index (χ3v) is 5.59. The highest BCUT2D eigenvalue weighted by molar-refractivity contribution is 5.14. The first-order chi connectivity index (χ1) is 16.3. The van der Waals surface area contributed by atoms with E-state index in [9.17, 15) is 0 Å². The Hall–Kier alpha value is -2.02. The van der Waals surface area contributed by atoms with Crippen LogP contribution in [0.3, 0.4) is 0 Å². The molecular weight excluding hydrogens is 416 g/mol. The molecule has 0 saturated carbocycles. The molecule has 0 amide bonds. The minimum Gasteiger partial charge on any atom is -0.382 e. The summed E-state index contributed by atoms with van der Waals surface area (Å²) < 4.78 is 30.5. The Morgan fingerprint density at radius 2 is 1.39 bits per heavy atom. The van der Waals surface area contributed by atoms with Crippen LogP contribution >= 0.6 is 0 Å². The maximum absolute atomic E-state index is 6.34. The van der Waals surface area contributed by atoms with E-state index in [0.717, 1.165) is 30.4 Å². The van der Waals surface area contributed by atoms with Gasteiger partial charge in [0.15, 0.2) is 6.29 Å². The summed E-state index contributed by atoms with van der Waals surface area (Å²) in [4.78, 5) is 0. The molecule has 4 unspecified atom stereocenters. The van der Waals surface area contributed by atoms with Gasteiger partial charge in [0, 0.05) is 7.11 Å². The number of rotatable bonds is 15. The summed E-state index contributed by atoms with van der Waals surface area (Å²) in [7, 11) is 1.67. The largest absolute Gasteiger partial charge is 0.382 e. The molecule has 180 valence electrons. The van der Waals surface area contributed by atoms with Crippen molar-refractivity contribution in [2.45, 2.75) is 70.4 Å². The molecule has 1 fully saturated rings. The lowest BCUT2D eigenvalue weighted by molar-refractivity contribution is -0.184. The van der Waals surface area contributed by atoms with Gasteiger partial charge in [-0.25, -0.2) is 0 Å². The third kappa shape index (κ3) is 8.69. The molecule has 0 radical (unpaired) electrons. The van der Waals surface area contributed by atoms with Crippen molar-refractivity contribution in [3.8, 4) is 0 Å². The van der Waals surface area contributed by atoms with Crippen LogP contribution in [0, 0.1) is 0 Å². The molecule has 1 aliphatic rings. The lowest BCUT2D eigenvalue weighted by atomic mass is 10.1. The number of allylic oxidation sites excluding steroid dienone is 2. The smallest absolute Gasteiger partial charge is 0.186 e. The zero-order valence-electron chi connectivity index (χ0n) is 19.9. The second-order valence-electron chi connectivity index (χ2n) is 8.29. The predicted molar refractivity (Wildman–Crippen MR) is 130 cm³/mol. The minimum atomic E-state index is -0.491. The molecule has 5 nitrogen and oxygen atoms in total. The second-order valence-corrected chi connectivity index (χ2v) is 8.29. The van der Waals surface area contributed by atoms with Crippen molar-refractivity contribution in [1.29, 1.82) is 0 Å². The Morgan fingerprint density at radius 1 is 0.788 bits per heavy atom. The van der Waals surface area contributed by atoms with Gasteiger partial charge in [-0.3, -0.25) is 0 Å². The highest BCUT2D eigenvalue weighted by Crippen LogP contribution is 2.29. The molecule has 5 heteroatoms. The standard InChI is InChI=1S/C28H38O5/c1-3-4-5-6-7-14-19-30-28-27(32-21-24-17-12-9-13-18-24)26(25(33-28)22-29-2)31-20-23-15-10-8-11-16-23/h5-6,8-13,15-18,25-28H,3-4,7,14,19-22H2,1-2H3/b6-5-. The molecule has 1 aliphatic heterocycles. The Bertz CT molecular complexity index is 779. The lowest BCUT2D eigenvalue weighted by Crippen LogP contribution is -2.39. The van der Waals surface area contributed by atoms with Gasteiger partial charge in [0.25, 0.3) is 0 Å². The van der Waals surface area contributed by atoms with Crippen molar-refractivity contribution in [3.63, 3.8) is 0 Å². The van der Waals surface area contributed by atoms with E-state index in [-0.39, 0.29) is 18.3 Å². The van der Waals surface area contributed by atoms with Crippen LogP contribution in [0.15, 0.2) is 72.8 Å². The van der Waals surface area contributed by atoms with Crippen LogP contribution in [0.4, 0.5) is 0 Å². The maximum atomic E-state index is 6.34. The van der Waals surface area contributed by atoms with Crippen molar-refractivity contribution < 1.29 is 23.7 Å². The first-order valence-corrected chi connectivity index (χ1v) is 12.0. The number of hydrogen-bond donors (Lipinski definition) is 0. The molecule has 0 aliphatic carbocycles. The maximum Gasteiger partial charge on any atom is 0.186 e. The number of hydrogen-bond acceptors (Lipinski definition) is 5. The van der Waals surface area contributed by atoms with Gasteiger partial charge in [-0.15, -0.1) is 0 Å². The number of unbranched alkanes of at least 4 members (excludes halogenated alkanes) is 2. The monoisotopic (exact) mass is 454 g/mol. The molecule has 1 heterocycles. The molecular formula is C28H38O5. The molecule has 4 atom stereocenters. The van der Waals surface area contributed by atoms with Gasteiger partial charge in [-0.1, -0.05) is 86.2 Å². The molecule has 2 aromatic rings. The second kappa shape index (κ2) is 15.0. The first kappa shape index (κ1) is 25.6. The summed E-state index contributed by atoms with van der Waals surface area (Å²) >= 11 is 0. The van der Waals surface area contributed by atoms with Crippen LogP contribution in [0.5, 0.6) is 0 Å². The third-order valence-electron chi connectivity index (χ3n) is 5.59. The van der Waals surface area contributed by atoms with Crippen LogP contribution in [0.1, 0.15) is 43.7 Å². The minimum absolute atomic E-state index is 0.256. The average Bonchev–Trinajstić information content (AvgIpc) is 3.18. The highest BCUT2D eigenvalue weighted by atomic mass is 16.7. The summed E-state index contributed by atoms with van der Waals surface area (Å²) in [6, 6.07) is 20.3. The molecule has 33 heavy (non-hydrogen) atoms. The van der Waals surface area contributed by atoms with Crippen LogP contribution in [0.2, 0.25) is 0 Å². The van der Waals surface area contributed by atoms with Crippen LogP contribution in [-0.2, 0) is 36.9 Å². The molecule has 0 spiro atoms. The van der Waals surface area contributed by atoms with Crippen molar-refractivity contribution >= 4 is 0 Å². The first-order valence-electron chi connectivity index (χ1n) is 12.0. The van der Waals surface area contributed by atoms with Gasteiger partial charge in [0.1, 0.15) is 18.3 Å². The van der Waals surface area contributed by atoms with Crippen molar-refractivity contribution in [1.82, 2.24) is 0 Å². The fraction of sp³-hybridized carbons (Fsp3) is 0.500. The quantitative estimate of drug-likeness (QED) is 0.256. The van der Waals surface area contributed by atoms with E-state index in [4.69, 9.17) is 23.7 Å². The van der Waals surface area contributed by atoms with E-state index < -0.39 is 6.29 Å². The van der Waals surface area contributed by atoms with Gasteiger partial charge in [0.05, 0.1) is 26.4 Å². The Kier molecular flexibility index (Phi) is 11.6. The van der Waals surface area contributed by atoms with E-state index >= 15 is 0 Å². The fourth-order valence-corrected chi connectivity index (χ4v) is 3.84. The van der Waals surface area contributed by atoms with Crippen molar-refractivity contribution in [2.75, 3.05) is 20.3 Å². The van der Waals surface area contributed by atoms with Gasteiger partial charge in [0.2, 0.25) is 0 Å². The zero-order valence-corrected chi connectivity index (χ0v) is 19.9. The Balaban J connectivity index is 1.63. The summed E-state index contributed by atoms with van der Waals surface area (Å²) in [5, 5.41) is 0. The Morgan fingerprint density at radius 3 is 2.00 bits per heavy atom. The molecule has 0 N–H and O–H groups in total. The van der Waals surface area contributed by atoms with Crippen LogP contribution in [-0.4, -0.2) is 44.9 Å². The topological polar surface area (TPSA) is 46.2 Å². The molecule has 3 rings (SSSR count). The van der Waals surface area contributed by atoms with Crippen LogP contribution in [0.25, 0.3) is 0 Å².